The van der Waals surface area contributed by atoms with Crippen LogP contribution in [0.4, 0.5) is 4.53 Å². The molecule has 3 aromatic heterocycles. The van der Waals surface area contributed by atoms with Crippen LogP contribution in [0.5, 0.6) is 11.5 Å². The third kappa shape index (κ3) is 3.47. The second-order valence-corrected chi connectivity index (χ2v) is 7.82. The SMILES string of the molecule is Cc1oc2cc(Oc3ccnn4cc(C(=O)N5CC(O)C5)c(C)c34)ccc2c1C(=O)NOF. The number of hydroxylamine groups is 1. The molecule has 0 spiro atoms. The molecular formula is C22H19FN4O6. The van der Waals surface area contributed by atoms with Crippen molar-refractivity contribution in [3.05, 3.63) is 59.1 Å². The number of amides is 2. The van der Waals surface area contributed by atoms with Crippen LogP contribution < -0.4 is 10.2 Å². The van der Waals surface area contributed by atoms with Crippen LogP contribution in [0, 0.1) is 13.8 Å². The van der Waals surface area contributed by atoms with E-state index >= 15 is 0 Å². The van der Waals surface area contributed by atoms with Gasteiger partial charge in [0.05, 0.1) is 23.4 Å². The Hall–Kier alpha value is -3.96. The molecule has 0 radical (unpaired) electrons. The van der Waals surface area contributed by atoms with Gasteiger partial charge in [-0.05, 0) is 36.1 Å². The van der Waals surface area contributed by atoms with Crippen molar-refractivity contribution in [2.24, 2.45) is 0 Å². The number of carbonyl (C=O) groups is 2. The number of aliphatic hydroxyl groups excluding tert-OH is 1. The number of rotatable bonds is 5. The minimum atomic E-state index is -0.769. The number of nitrogens with zero attached hydrogens (tertiary/aromatic N) is 3. The Labute approximate surface area is 185 Å². The van der Waals surface area contributed by atoms with E-state index in [1.165, 1.54) is 0 Å². The molecule has 2 amide bonds. The largest absolute Gasteiger partial charge is 0.460 e. The van der Waals surface area contributed by atoms with E-state index in [2.05, 4.69) is 10.1 Å². The van der Waals surface area contributed by atoms with Crippen LogP contribution in [0.3, 0.4) is 0 Å². The smallest absolute Gasteiger partial charge is 0.281 e. The molecule has 11 heteroatoms. The molecule has 2 N–H and O–H groups in total. The topological polar surface area (TPSA) is 119 Å². The summed E-state index contributed by atoms with van der Waals surface area (Å²) in [4.78, 5) is 26.4. The van der Waals surface area contributed by atoms with Crippen molar-refractivity contribution in [2.75, 3.05) is 13.1 Å². The van der Waals surface area contributed by atoms with Crippen molar-refractivity contribution in [1.29, 1.82) is 0 Å². The van der Waals surface area contributed by atoms with Crippen molar-refractivity contribution in [3.63, 3.8) is 0 Å². The summed E-state index contributed by atoms with van der Waals surface area (Å²) in [5.74, 6) is 0.248. The number of furan rings is 1. The number of aryl methyl sites for hydroxylation is 2. The molecule has 1 aliphatic heterocycles. The molecule has 1 fully saturated rings. The van der Waals surface area contributed by atoms with Crippen molar-refractivity contribution >= 4 is 28.3 Å². The van der Waals surface area contributed by atoms with Gasteiger partial charge < -0.3 is 19.2 Å². The predicted molar refractivity (Wildman–Crippen MR) is 113 cm³/mol. The second-order valence-electron chi connectivity index (χ2n) is 7.82. The third-order valence-electron chi connectivity index (χ3n) is 5.69. The first kappa shape index (κ1) is 20.9. The van der Waals surface area contributed by atoms with Crippen molar-refractivity contribution < 1.29 is 33.4 Å². The quantitative estimate of drug-likeness (QED) is 0.445. The molecule has 170 valence electrons. The fraction of sp³-hybridized carbons (Fsp3) is 0.227. The van der Waals surface area contributed by atoms with Crippen molar-refractivity contribution in [1.82, 2.24) is 20.0 Å². The average Bonchev–Trinajstić information content (AvgIpc) is 3.27. The van der Waals surface area contributed by atoms with E-state index in [0.29, 0.717) is 58.0 Å². The van der Waals surface area contributed by atoms with E-state index in [1.807, 2.05) is 6.92 Å². The zero-order chi connectivity index (χ0) is 23.3. The summed E-state index contributed by atoms with van der Waals surface area (Å²) in [6.45, 7) is 4.01. The molecule has 4 aromatic rings. The van der Waals surface area contributed by atoms with Crippen LogP contribution in [0.1, 0.15) is 32.0 Å². The maximum atomic E-state index is 12.8. The first-order valence-electron chi connectivity index (χ1n) is 10.1. The molecule has 0 aliphatic carbocycles. The van der Waals surface area contributed by atoms with Gasteiger partial charge in [0.2, 0.25) is 0 Å². The number of aliphatic hydroxyl groups is 1. The Balaban J connectivity index is 1.49. The third-order valence-corrected chi connectivity index (χ3v) is 5.69. The molecule has 1 saturated heterocycles. The highest BCUT2D eigenvalue weighted by molar-refractivity contribution is 6.07. The second kappa shape index (κ2) is 7.87. The number of nitrogens with one attached hydrogen (secondary N) is 1. The van der Waals surface area contributed by atoms with Gasteiger partial charge in [-0.25, -0.2) is 4.52 Å². The lowest BCUT2D eigenvalue weighted by molar-refractivity contribution is -0.176. The van der Waals surface area contributed by atoms with Crippen LogP contribution in [0.15, 0.2) is 41.1 Å². The van der Waals surface area contributed by atoms with E-state index in [-0.39, 0.29) is 11.5 Å². The monoisotopic (exact) mass is 454 g/mol. The molecule has 1 aliphatic rings. The minimum absolute atomic E-state index is 0.155. The molecular weight excluding hydrogens is 435 g/mol. The zero-order valence-electron chi connectivity index (χ0n) is 17.7. The molecule has 0 saturated carbocycles. The van der Waals surface area contributed by atoms with E-state index in [1.54, 1.807) is 58.5 Å². The average molecular weight is 454 g/mol. The number of halogens is 1. The first-order chi connectivity index (χ1) is 15.9. The van der Waals surface area contributed by atoms with Crippen molar-refractivity contribution in [2.45, 2.75) is 20.0 Å². The number of fused-ring (bicyclic) bond motifs is 2. The normalized spacial score (nSPS) is 14.0. The Morgan fingerprint density at radius 1 is 1.27 bits per heavy atom. The Bertz CT molecular complexity index is 1410. The summed E-state index contributed by atoms with van der Waals surface area (Å²) in [6.07, 6.45) is 2.71. The number of aromatic nitrogens is 2. The first-order valence-corrected chi connectivity index (χ1v) is 10.1. The van der Waals surface area contributed by atoms with Crippen LogP contribution in [0.25, 0.3) is 16.5 Å². The van der Waals surface area contributed by atoms with E-state index < -0.39 is 12.0 Å². The Morgan fingerprint density at radius 2 is 2.06 bits per heavy atom. The number of hydrogen-bond acceptors (Lipinski definition) is 7. The van der Waals surface area contributed by atoms with Gasteiger partial charge >= 0.3 is 0 Å². The molecule has 1 aromatic carbocycles. The molecule has 0 bridgehead atoms. The maximum Gasteiger partial charge on any atom is 0.281 e. The highest BCUT2D eigenvalue weighted by Crippen LogP contribution is 2.34. The lowest BCUT2D eigenvalue weighted by Gasteiger charge is -2.35. The van der Waals surface area contributed by atoms with Gasteiger partial charge in [0, 0.05) is 36.8 Å². The van der Waals surface area contributed by atoms with Crippen LogP contribution in [0.2, 0.25) is 0 Å². The van der Waals surface area contributed by atoms with Crippen molar-refractivity contribution in [3.8, 4) is 11.5 Å². The summed E-state index contributed by atoms with van der Waals surface area (Å²) in [6, 6.07) is 6.56. The summed E-state index contributed by atoms with van der Waals surface area (Å²) >= 11 is 0. The maximum absolute atomic E-state index is 12.8. The number of β-amino-alcohol motifs (C(OH)–C–C–N with tert-alkyl or cyclic N) is 1. The fourth-order valence-electron chi connectivity index (χ4n) is 4.07. The zero-order valence-corrected chi connectivity index (χ0v) is 17.7. The summed E-state index contributed by atoms with van der Waals surface area (Å²) in [5, 5.41) is 17.5. The molecule has 0 unspecified atom stereocenters. The molecule has 0 atom stereocenters. The van der Waals surface area contributed by atoms with Gasteiger partial charge in [0.1, 0.15) is 22.6 Å². The Kier molecular flexibility index (Phi) is 4.99. The number of benzene rings is 1. The van der Waals surface area contributed by atoms with Crippen LogP contribution >= 0.6 is 0 Å². The number of likely N-dealkylation sites (tertiary alicyclic amines) is 1. The van der Waals surface area contributed by atoms with Crippen LogP contribution in [-0.2, 0) is 5.04 Å². The van der Waals surface area contributed by atoms with Gasteiger partial charge in [0.15, 0.2) is 5.75 Å². The lowest BCUT2D eigenvalue weighted by atomic mass is 10.1. The highest BCUT2D eigenvalue weighted by Gasteiger charge is 2.31. The predicted octanol–water partition coefficient (Wildman–Crippen LogP) is 2.85. The van der Waals surface area contributed by atoms with Gasteiger partial charge in [0.25, 0.3) is 11.8 Å². The van der Waals surface area contributed by atoms with E-state index in [9.17, 15) is 19.2 Å². The molecule has 33 heavy (non-hydrogen) atoms. The summed E-state index contributed by atoms with van der Waals surface area (Å²) in [5.41, 5.74) is 3.97. The number of ether oxygens (including phenoxy) is 1. The minimum Gasteiger partial charge on any atom is -0.460 e. The number of hydrogen-bond donors (Lipinski definition) is 2. The highest BCUT2D eigenvalue weighted by atomic mass is 19.3. The summed E-state index contributed by atoms with van der Waals surface area (Å²) in [7, 11) is 0. The fourth-order valence-corrected chi connectivity index (χ4v) is 4.07. The van der Waals surface area contributed by atoms with Gasteiger partial charge in [-0.1, -0.05) is 5.04 Å². The van der Waals surface area contributed by atoms with E-state index in [0.717, 1.165) is 0 Å². The van der Waals surface area contributed by atoms with Gasteiger partial charge in [-0.2, -0.15) is 10.6 Å². The molecule has 4 heterocycles. The standard InChI is InChI=1S/C22H19FN4O6/c1-11-16(22(30)26-8-13(28)9-26)10-27-20(11)17(5-6-24-27)32-14-3-4-15-18(7-14)31-12(2)19(15)21(29)25-33-23/h3-7,10,13,28H,8-9H2,1-2H3,(H,25,29). The van der Waals surface area contributed by atoms with Gasteiger partial charge in [-0.15, -0.1) is 0 Å². The lowest BCUT2D eigenvalue weighted by Crippen LogP contribution is -2.53. The van der Waals surface area contributed by atoms with Gasteiger partial charge in [-0.3, -0.25) is 9.59 Å². The molecule has 10 nitrogen and oxygen atoms in total. The summed E-state index contributed by atoms with van der Waals surface area (Å²) < 4.78 is 25.3. The number of carbonyl (C=O) groups excluding carboxylic acids is 2. The Morgan fingerprint density at radius 3 is 2.79 bits per heavy atom. The molecule has 5 rings (SSSR count). The van der Waals surface area contributed by atoms with E-state index in [4.69, 9.17) is 9.15 Å². The van der Waals surface area contributed by atoms with Crippen LogP contribution in [-0.4, -0.2) is 50.6 Å².